The number of ether oxygens (including phenoxy) is 1. The first-order chi connectivity index (χ1) is 8.47. The van der Waals surface area contributed by atoms with Crippen molar-refractivity contribution >= 4 is 0 Å². The summed E-state index contributed by atoms with van der Waals surface area (Å²) < 4.78 is 5.49. The summed E-state index contributed by atoms with van der Waals surface area (Å²) in [6.07, 6.45) is 2.66. The van der Waals surface area contributed by atoms with E-state index in [2.05, 4.69) is 39.0 Å². The van der Waals surface area contributed by atoms with Crippen LogP contribution in [0.25, 0.3) is 0 Å². The molecule has 1 atom stereocenters. The van der Waals surface area contributed by atoms with Gasteiger partial charge in [0, 0.05) is 0 Å². The molecular formula is C16H25NO. The number of nitrogens with two attached hydrogens (primary N) is 1. The van der Waals surface area contributed by atoms with Gasteiger partial charge in [-0.15, -0.1) is 0 Å². The topological polar surface area (TPSA) is 35.2 Å². The van der Waals surface area contributed by atoms with Gasteiger partial charge >= 0.3 is 0 Å². The fourth-order valence-electron chi connectivity index (χ4n) is 2.64. The second kappa shape index (κ2) is 4.93. The summed E-state index contributed by atoms with van der Waals surface area (Å²) in [5, 5.41) is 0. The molecule has 0 saturated heterocycles. The van der Waals surface area contributed by atoms with Crippen LogP contribution in [0, 0.1) is 5.92 Å². The first kappa shape index (κ1) is 13.4. The lowest BCUT2D eigenvalue weighted by Crippen LogP contribution is -2.17. The minimum atomic E-state index is 0.101. The average Bonchev–Trinajstić information content (AvgIpc) is 3.13. The Labute approximate surface area is 111 Å². The Morgan fingerprint density at radius 1 is 1.33 bits per heavy atom. The maximum Gasteiger partial charge on any atom is 0.122 e. The van der Waals surface area contributed by atoms with Crippen molar-refractivity contribution in [2.45, 2.75) is 44.9 Å². The highest BCUT2D eigenvalue weighted by Gasteiger charge is 2.32. The third-order valence-corrected chi connectivity index (χ3v) is 3.90. The highest BCUT2D eigenvalue weighted by molar-refractivity contribution is 5.43. The van der Waals surface area contributed by atoms with Gasteiger partial charge in [-0.05, 0) is 53.8 Å². The fourth-order valence-corrected chi connectivity index (χ4v) is 2.64. The lowest BCUT2D eigenvalue weighted by molar-refractivity contribution is 0.397. The summed E-state index contributed by atoms with van der Waals surface area (Å²) in [5.74, 6) is 2.31. The SMILES string of the molecule is COc1ccc(C(CN)C2CC2)cc1C(C)(C)C. The highest BCUT2D eigenvalue weighted by atomic mass is 16.5. The van der Waals surface area contributed by atoms with Crippen LogP contribution >= 0.6 is 0 Å². The Bertz CT molecular complexity index is 416. The smallest absolute Gasteiger partial charge is 0.122 e. The first-order valence-corrected chi connectivity index (χ1v) is 6.86. The predicted octanol–water partition coefficient (Wildman–Crippen LogP) is 3.45. The Kier molecular flexibility index (Phi) is 3.67. The maximum absolute atomic E-state index is 5.94. The lowest BCUT2D eigenvalue weighted by Gasteiger charge is -2.25. The Morgan fingerprint density at radius 3 is 2.44 bits per heavy atom. The molecule has 0 radical (unpaired) electrons. The molecule has 0 heterocycles. The summed E-state index contributed by atoms with van der Waals surface area (Å²) in [4.78, 5) is 0. The van der Waals surface area contributed by atoms with Gasteiger partial charge < -0.3 is 10.5 Å². The normalized spacial score (nSPS) is 17.6. The molecule has 0 bridgehead atoms. The Hall–Kier alpha value is -1.02. The molecule has 1 fully saturated rings. The molecule has 2 rings (SSSR count). The van der Waals surface area contributed by atoms with E-state index in [4.69, 9.17) is 10.5 Å². The van der Waals surface area contributed by atoms with Gasteiger partial charge in [-0.3, -0.25) is 0 Å². The molecule has 1 aliphatic rings. The third-order valence-electron chi connectivity index (χ3n) is 3.90. The zero-order valence-electron chi connectivity index (χ0n) is 12.0. The van der Waals surface area contributed by atoms with E-state index in [1.165, 1.54) is 24.0 Å². The molecule has 1 saturated carbocycles. The molecule has 1 aliphatic carbocycles. The van der Waals surface area contributed by atoms with Crippen LogP contribution < -0.4 is 10.5 Å². The monoisotopic (exact) mass is 247 g/mol. The second-order valence-corrected chi connectivity index (χ2v) is 6.39. The highest BCUT2D eigenvalue weighted by Crippen LogP contribution is 2.43. The lowest BCUT2D eigenvalue weighted by atomic mass is 9.83. The van der Waals surface area contributed by atoms with Gasteiger partial charge in [-0.25, -0.2) is 0 Å². The van der Waals surface area contributed by atoms with Gasteiger partial charge in [-0.2, -0.15) is 0 Å². The Morgan fingerprint density at radius 2 is 2.00 bits per heavy atom. The zero-order valence-corrected chi connectivity index (χ0v) is 12.0. The van der Waals surface area contributed by atoms with E-state index >= 15 is 0 Å². The van der Waals surface area contributed by atoms with E-state index in [0.717, 1.165) is 18.2 Å². The van der Waals surface area contributed by atoms with Crippen LogP contribution in [-0.2, 0) is 5.41 Å². The third kappa shape index (κ3) is 2.69. The summed E-state index contributed by atoms with van der Waals surface area (Å²) in [7, 11) is 1.74. The van der Waals surface area contributed by atoms with Crippen LogP contribution in [0.2, 0.25) is 0 Å². The van der Waals surface area contributed by atoms with E-state index in [9.17, 15) is 0 Å². The van der Waals surface area contributed by atoms with Crippen molar-refractivity contribution in [3.8, 4) is 5.75 Å². The fraction of sp³-hybridized carbons (Fsp3) is 0.625. The molecule has 18 heavy (non-hydrogen) atoms. The molecule has 0 spiro atoms. The van der Waals surface area contributed by atoms with E-state index in [1.807, 2.05) is 0 Å². The van der Waals surface area contributed by atoms with Crippen LogP contribution in [0.5, 0.6) is 5.75 Å². The standard InChI is InChI=1S/C16H25NO/c1-16(2,3)14-9-12(7-8-15(14)18-4)13(10-17)11-5-6-11/h7-9,11,13H,5-6,10,17H2,1-4H3. The van der Waals surface area contributed by atoms with Crippen molar-refractivity contribution in [3.05, 3.63) is 29.3 Å². The van der Waals surface area contributed by atoms with Gasteiger partial charge in [0.15, 0.2) is 0 Å². The molecule has 0 aromatic heterocycles. The van der Waals surface area contributed by atoms with Crippen LogP contribution in [-0.4, -0.2) is 13.7 Å². The second-order valence-electron chi connectivity index (χ2n) is 6.39. The van der Waals surface area contributed by atoms with Crippen molar-refractivity contribution < 1.29 is 4.74 Å². The van der Waals surface area contributed by atoms with Crippen LogP contribution in [0.4, 0.5) is 0 Å². The first-order valence-electron chi connectivity index (χ1n) is 6.86. The minimum Gasteiger partial charge on any atom is -0.496 e. The molecular weight excluding hydrogens is 222 g/mol. The van der Waals surface area contributed by atoms with Crippen molar-refractivity contribution in [2.24, 2.45) is 11.7 Å². The Balaban J connectivity index is 2.38. The van der Waals surface area contributed by atoms with E-state index < -0.39 is 0 Å². The molecule has 2 nitrogen and oxygen atoms in total. The van der Waals surface area contributed by atoms with Crippen molar-refractivity contribution in [2.75, 3.05) is 13.7 Å². The average molecular weight is 247 g/mol. The van der Waals surface area contributed by atoms with Gasteiger partial charge in [0.2, 0.25) is 0 Å². The number of hydrogen-bond acceptors (Lipinski definition) is 2. The van der Waals surface area contributed by atoms with E-state index in [1.54, 1.807) is 7.11 Å². The predicted molar refractivity (Wildman–Crippen MR) is 76.2 cm³/mol. The van der Waals surface area contributed by atoms with Crippen molar-refractivity contribution in [1.82, 2.24) is 0 Å². The zero-order chi connectivity index (χ0) is 13.3. The molecule has 2 N–H and O–H groups in total. The van der Waals surface area contributed by atoms with Crippen molar-refractivity contribution in [3.63, 3.8) is 0 Å². The van der Waals surface area contributed by atoms with E-state index in [0.29, 0.717) is 5.92 Å². The molecule has 0 aliphatic heterocycles. The van der Waals surface area contributed by atoms with Crippen LogP contribution in [0.1, 0.15) is 50.7 Å². The summed E-state index contributed by atoms with van der Waals surface area (Å²) in [6, 6.07) is 6.58. The molecule has 2 heteroatoms. The summed E-state index contributed by atoms with van der Waals surface area (Å²) >= 11 is 0. The number of rotatable bonds is 4. The molecule has 1 aromatic carbocycles. The number of hydrogen-bond donors (Lipinski definition) is 1. The molecule has 1 aromatic rings. The molecule has 0 amide bonds. The van der Waals surface area contributed by atoms with E-state index in [-0.39, 0.29) is 5.41 Å². The summed E-state index contributed by atoms with van der Waals surface area (Å²) in [5.41, 5.74) is 8.70. The largest absolute Gasteiger partial charge is 0.496 e. The molecule has 1 unspecified atom stereocenters. The van der Waals surface area contributed by atoms with Gasteiger partial charge in [-0.1, -0.05) is 32.9 Å². The van der Waals surface area contributed by atoms with Crippen LogP contribution in [0.3, 0.4) is 0 Å². The number of methoxy groups -OCH3 is 1. The van der Waals surface area contributed by atoms with Gasteiger partial charge in [0.05, 0.1) is 7.11 Å². The molecule has 100 valence electrons. The maximum atomic E-state index is 5.94. The van der Waals surface area contributed by atoms with Gasteiger partial charge in [0.25, 0.3) is 0 Å². The van der Waals surface area contributed by atoms with Crippen molar-refractivity contribution in [1.29, 1.82) is 0 Å². The summed E-state index contributed by atoms with van der Waals surface area (Å²) in [6.45, 7) is 7.43. The number of benzene rings is 1. The minimum absolute atomic E-state index is 0.101. The van der Waals surface area contributed by atoms with Crippen LogP contribution in [0.15, 0.2) is 18.2 Å². The van der Waals surface area contributed by atoms with Gasteiger partial charge in [0.1, 0.15) is 5.75 Å². The quantitative estimate of drug-likeness (QED) is 0.884.